The van der Waals surface area contributed by atoms with Crippen molar-refractivity contribution in [2.24, 2.45) is 13.0 Å². The van der Waals surface area contributed by atoms with Crippen LogP contribution in [0.5, 0.6) is 11.5 Å². The Morgan fingerprint density at radius 3 is 2.41 bits per heavy atom. The number of nitrogens with zero attached hydrogens (tertiary/aromatic N) is 2. The molecular formula is C22H20N4O3. The van der Waals surface area contributed by atoms with Crippen LogP contribution in [0.15, 0.2) is 48.5 Å². The fourth-order valence-electron chi connectivity index (χ4n) is 4.04. The van der Waals surface area contributed by atoms with Gasteiger partial charge in [0.1, 0.15) is 17.3 Å². The molecule has 5 rings (SSSR count). The number of ether oxygens (including phenoxy) is 1. The Kier molecular flexibility index (Phi) is 3.91. The molecule has 1 atom stereocenters. The molecule has 0 saturated heterocycles. The van der Waals surface area contributed by atoms with Gasteiger partial charge in [-0.15, -0.1) is 0 Å². The number of benzene rings is 2. The van der Waals surface area contributed by atoms with E-state index in [4.69, 9.17) is 4.74 Å². The summed E-state index contributed by atoms with van der Waals surface area (Å²) in [7, 11) is 1.75. The largest absolute Gasteiger partial charge is 0.457 e. The highest BCUT2D eigenvalue weighted by atomic mass is 16.5. The topological polar surface area (TPSA) is 85.2 Å². The molecule has 0 saturated carbocycles. The highest BCUT2D eigenvalue weighted by Crippen LogP contribution is 2.44. The quantitative estimate of drug-likeness (QED) is 0.704. The standard InChI is InChI=1S/C22H20N4O3/c1-12-11-15-19(25-26(2)20(15)24-21(12)27)23-22(28)18-13-7-3-5-9-16(13)29-17-10-6-4-8-14(17)18/h3-10,12,18H,11H2,1-2H3,(H,24,27)(H,23,25,28)/t12-/m1/s1. The van der Waals surface area contributed by atoms with Crippen LogP contribution in [-0.4, -0.2) is 21.6 Å². The molecule has 2 aliphatic rings. The number of rotatable bonds is 2. The van der Waals surface area contributed by atoms with E-state index in [1.807, 2.05) is 55.5 Å². The van der Waals surface area contributed by atoms with Crippen molar-refractivity contribution in [3.8, 4) is 11.5 Å². The Hall–Kier alpha value is -3.61. The molecule has 1 aromatic heterocycles. The first kappa shape index (κ1) is 17.5. The average Bonchev–Trinajstić information content (AvgIpc) is 3.00. The molecule has 3 heterocycles. The second-order valence-electron chi connectivity index (χ2n) is 7.49. The zero-order chi connectivity index (χ0) is 20.1. The van der Waals surface area contributed by atoms with Gasteiger partial charge in [-0.05, 0) is 18.6 Å². The van der Waals surface area contributed by atoms with Crippen molar-refractivity contribution in [3.05, 3.63) is 65.2 Å². The summed E-state index contributed by atoms with van der Waals surface area (Å²) in [5.41, 5.74) is 2.48. The van der Waals surface area contributed by atoms with Crippen molar-refractivity contribution in [2.75, 3.05) is 10.6 Å². The number of fused-ring (bicyclic) bond motifs is 3. The summed E-state index contributed by atoms with van der Waals surface area (Å²) in [5.74, 6) is 1.57. The van der Waals surface area contributed by atoms with E-state index in [0.717, 1.165) is 16.7 Å². The van der Waals surface area contributed by atoms with Crippen LogP contribution in [-0.2, 0) is 23.1 Å². The van der Waals surface area contributed by atoms with E-state index in [-0.39, 0.29) is 17.7 Å². The van der Waals surface area contributed by atoms with Crippen molar-refractivity contribution in [1.29, 1.82) is 0 Å². The van der Waals surface area contributed by atoms with Crippen LogP contribution in [0.25, 0.3) is 0 Å². The normalized spacial score (nSPS) is 17.4. The number of amides is 2. The average molecular weight is 388 g/mol. The second-order valence-corrected chi connectivity index (χ2v) is 7.49. The van der Waals surface area contributed by atoms with Gasteiger partial charge in [-0.2, -0.15) is 5.10 Å². The van der Waals surface area contributed by atoms with Gasteiger partial charge in [0.05, 0.1) is 5.92 Å². The van der Waals surface area contributed by atoms with Crippen molar-refractivity contribution in [1.82, 2.24) is 9.78 Å². The maximum absolute atomic E-state index is 13.4. The smallest absolute Gasteiger partial charge is 0.237 e. The van der Waals surface area contributed by atoms with Crippen molar-refractivity contribution in [3.63, 3.8) is 0 Å². The maximum atomic E-state index is 13.4. The zero-order valence-corrected chi connectivity index (χ0v) is 16.1. The third-order valence-electron chi connectivity index (χ3n) is 5.53. The van der Waals surface area contributed by atoms with Gasteiger partial charge in [-0.1, -0.05) is 43.3 Å². The molecule has 2 aliphatic heterocycles. The Bertz CT molecular complexity index is 1110. The predicted molar refractivity (Wildman–Crippen MR) is 108 cm³/mol. The summed E-state index contributed by atoms with van der Waals surface area (Å²) >= 11 is 0. The number of nitrogens with one attached hydrogen (secondary N) is 2. The number of aromatic nitrogens is 2. The van der Waals surface area contributed by atoms with Crippen LogP contribution in [0.2, 0.25) is 0 Å². The molecule has 0 aliphatic carbocycles. The van der Waals surface area contributed by atoms with Crippen LogP contribution < -0.4 is 15.4 Å². The Morgan fingerprint density at radius 1 is 1.14 bits per heavy atom. The number of hydrogen-bond acceptors (Lipinski definition) is 4. The van der Waals surface area contributed by atoms with Gasteiger partial charge in [-0.3, -0.25) is 14.3 Å². The fourth-order valence-corrected chi connectivity index (χ4v) is 4.04. The third kappa shape index (κ3) is 2.77. The summed E-state index contributed by atoms with van der Waals surface area (Å²) in [4.78, 5) is 25.4. The minimum Gasteiger partial charge on any atom is -0.457 e. The summed E-state index contributed by atoms with van der Waals surface area (Å²) in [6.07, 6.45) is 0.533. The van der Waals surface area contributed by atoms with Crippen LogP contribution in [0.4, 0.5) is 11.6 Å². The van der Waals surface area contributed by atoms with Crippen molar-refractivity contribution < 1.29 is 14.3 Å². The van der Waals surface area contributed by atoms with E-state index < -0.39 is 5.92 Å². The molecule has 0 bridgehead atoms. The molecule has 7 heteroatoms. The van der Waals surface area contributed by atoms with E-state index in [0.29, 0.717) is 29.6 Å². The van der Waals surface area contributed by atoms with Crippen LogP contribution >= 0.6 is 0 Å². The molecule has 0 fully saturated rings. The number of hydrogen-bond donors (Lipinski definition) is 2. The molecule has 29 heavy (non-hydrogen) atoms. The number of para-hydroxylation sites is 2. The van der Waals surface area contributed by atoms with Crippen LogP contribution in [0.3, 0.4) is 0 Å². The molecule has 7 nitrogen and oxygen atoms in total. The molecule has 2 N–H and O–H groups in total. The number of aryl methyl sites for hydroxylation is 1. The lowest BCUT2D eigenvalue weighted by atomic mass is 9.87. The highest BCUT2D eigenvalue weighted by molar-refractivity contribution is 6.01. The molecular weight excluding hydrogens is 368 g/mol. The Labute approximate surface area is 167 Å². The third-order valence-corrected chi connectivity index (χ3v) is 5.53. The van der Waals surface area contributed by atoms with E-state index in [9.17, 15) is 9.59 Å². The van der Waals surface area contributed by atoms with Crippen molar-refractivity contribution in [2.45, 2.75) is 19.3 Å². The minimum atomic E-state index is -0.510. The fraction of sp³-hybridized carbons (Fsp3) is 0.227. The maximum Gasteiger partial charge on any atom is 0.237 e. The summed E-state index contributed by atoms with van der Waals surface area (Å²) in [5, 5.41) is 10.3. The van der Waals surface area contributed by atoms with E-state index >= 15 is 0 Å². The first-order valence-corrected chi connectivity index (χ1v) is 9.56. The molecule has 0 spiro atoms. The monoisotopic (exact) mass is 388 g/mol. The SMILES string of the molecule is C[C@@H]1Cc2c(NC(=O)C3c4ccccc4Oc4ccccc43)nn(C)c2NC1=O. The lowest BCUT2D eigenvalue weighted by Crippen LogP contribution is -2.29. The molecule has 0 radical (unpaired) electrons. The summed E-state index contributed by atoms with van der Waals surface area (Å²) in [6.45, 7) is 1.86. The lowest BCUT2D eigenvalue weighted by Gasteiger charge is -2.27. The first-order chi connectivity index (χ1) is 14.0. The Balaban J connectivity index is 1.53. The van der Waals surface area contributed by atoms with Gasteiger partial charge in [0, 0.05) is 29.7 Å². The zero-order valence-electron chi connectivity index (χ0n) is 16.1. The minimum absolute atomic E-state index is 0.0364. The summed E-state index contributed by atoms with van der Waals surface area (Å²) in [6, 6.07) is 15.1. The van der Waals surface area contributed by atoms with Gasteiger partial charge < -0.3 is 15.4 Å². The molecule has 0 unspecified atom stereocenters. The number of anilines is 2. The van der Waals surface area contributed by atoms with E-state index in [1.165, 1.54) is 0 Å². The number of carbonyl (C=O) groups excluding carboxylic acids is 2. The molecule has 3 aromatic rings. The van der Waals surface area contributed by atoms with Gasteiger partial charge >= 0.3 is 0 Å². The molecule has 2 aromatic carbocycles. The second kappa shape index (κ2) is 6.48. The van der Waals surface area contributed by atoms with Crippen LogP contribution in [0.1, 0.15) is 29.5 Å². The van der Waals surface area contributed by atoms with Gasteiger partial charge in [-0.25, -0.2) is 0 Å². The van der Waals surface area contributed by atoms with Gasteiger partial charge in [0.15, 0.2) is 5.82 Å². The number of carbonyl (C=O) groups is 2. The highest BCUT2D eigenvalue weighted by Gasteiger charge is 2.34. The van der Waals surface area contributed by atoms with Gasteiger partial charge in [0.2, 0.25) is 11.8 Å². The first-order valence-electron chi connectivity index (χ1n) is 9.56. The van der Waals surface area contributed by atoms with Crippen molar-refractivity contribution >= 4 is 23.5 Å². The van der Waals surface area contributed by atoms with E-state index in [1.54, 1.807) is 11.7 Å². The van der Waals surface area contributed by atoms with Gasteiger partial charge in [0.25, 0.3) is 0 Å². The summed E-state index contributed by atoms with van der Waals surface area (Å²) < 4.78 is 7.58. The Morgan fingerprint density at radius 2 is 1.76 bits per heavy atom. The van der Waals surface area contributed by atoms with E-state index in [2.05, 4.69) is 15.7 Å². The lowest BCUT2D eigenvalue weighted by molar-refractivity contribution is -0.119. The molecule has 146 valence electrons. The van der Waals surface area contributed by atoms with Crippen LogP contribution in [0, 0.1) is 5.92 Å². The molecule has 2 amide bonds. The predicted octanol–water partition coefficient (Wildman–Crippen LogP) is 3.43.